The monoisotopic (exact) mass is 1890 g/mol. The van der Waals surface area contributed by atoms with Crippen molar-refractivity contribution in [3.8, 4) is 23.0 Å². The summed E-state index contributed by atoms with van der Waals surface area (Å²) in [6, 6.07) is 13.9. The lowest BCUT2D eigenvalue weighted by Crippen LogP contribution is -2.43. The van der Waals surface area contributed by atoms with Gasteiger partial charge in [-0.2, -0.15) is 0 Å². The van der Waals surface area contributed by atoms with Crippen LogP contribution in [-0.2, 0) is 99.8 Å². The number of H-pyrrole nitrogens is 4. The number of halogens is 4. The number of aromatic nitrogens is 8. The molecule has 16 rings (SSSR count). The van der Waals surface area contributed by atoms with Crippen LogP contribution in [0.5, 0.6) is 23.0 Å². The molecule has 8 aliphatic rings. The Morgan fingerprint density at radius 2 is 0.594 bits per heavy atom. The molecular formula is C76H88F4N8O36P4. The highest BCUT2D eigenvalue weighted by molar-refractivity contribution is 7.49. The van der Waals surface area contributed by atoms with Crippen LogP contribution in [0.4, 0.5) is 17.6 Å². The van der Waals surface area contributed by atoms with Gasteiger partial charge in [-0.05, 0) is 105 Å². The molecule has 4 unspecified atom stereocenters. The number of nitrogens with one attached hydrogen (secondary N) is 4. The van der Waals surface area contributed by atoms with Crippen LogP contribution in [-0.4, -0.2) is 178 Å². The van der Waals surface area contributed by atoms with Gasteiger partial charge >= 0.3 is 54.0 Å². The smallest absolute Gasteiger partial charge is 0.403 e. The average Bonchev–Trinajstić information content (AvgIpc) is 1.55. The van der Waals surface area contributed by atoms with E-state index in [1.807, 2.05) is 40.7 Å². The quantitative estimate of drug-likeness (QED) is 0.0469. The minimum Gasteiger partial charge on any atom is -0.403 e. The number of aryl methyl sites for hydroxylation is 12. The fourth-order valence-electron chi connectivity index (χ4n) is 14.0. The van der Waals surface area contributed by atoms with Crippen molar-refractivity contribution in [3.63, 3.8) is 0 Å². The van der Waals surface area contributed by atoms with Crippen LogP contribution in [0, 0.1) is 83.1 Å². The zero-order valence-corrected chi connectivity index (χ0v) is 72.6. The molecule has 0 radical (unpaired) electrons. The number of nitrogens with zero attached hydrogens (tertiary/aromatic N) is 4. The normalized spacial score (nSPS) is 33.9. The van der Waals surface area contributed by atoms with Crippen molar-refractivity contribution in [3.05, 3.63) is 246 Å². The van der Waals surface area contributed by atoms with Crippen LogP contribution in [0.3, 0.4) is 0 Å². The van der Waals surface area contributed by atoms with Gasteiger partial charge in [-0.1, -0.05) is 70.8 Å². The second-order valence-corrected chi connectivity index (χ2v) is 36.9. The number of alkyl halides is 4. The Hall–Kier alpha value is -9.36. The summed E-state index contributed by atoms with van der Waals surface area (Å²) in [6.45, 7) is 8.57. The molecule has 44 nitrogen and oxygen atoms in total. The van der Waals surface area contributed by atoms with Gasteiger partial charge in [0.15, 0.2) is 24.9 Å². The van der Waals surface area contributed by atoms with Crippen LogP contribution in [0.25, 0.3) is 0 Å². The van der Waals surface area contributed by atoms with E-state index in [1.165, 1.54) is 27.7 Å². The first-order valence-electron chi connectivity index (χ1n) is 41.0. The maximum atomic E-state index is 15.9. The summed E-state index contributed by atoms with van der Waals surface area (Å²) < 4.78 is 247. The molecule has 4 saturated heterocycles. The molecule has 128 heavy (non-hydrogen) atoms. The average molecular weight is 1900 g/mol. The molecule has 0 amide bonds. The van der Waals surface area contributed by atoms with Crippen molar-refractivity contribution in [2.45, 2.75) is 207 Å². The SMILES string of the molecule is Cc1cc(C)c2c(c1)COP(=O)(OC[C@@]1(F)O[C@@H](n3cc(C)c(=O)[nH]c3=O)[C@H](O)[C@@H]1O)O2.[2H]C([2H])(OP1(=O)OCc2cc(C)cc(C)c2O1)[C@@]1(F)O[C@@H](n2cc(C)c(=O)[nH]c2=O)[C@H](O)[C@@H]1O.[2H]C([2H])(OP1(=O)OCc2cc(C)cc(C)c2O1)[C@@]1(F)O[C@@]([2H])(n2cc(C)c(=O)[nH]c2=O)[C@H](O)[C@@H]1O.[2H][C@@]1(n2cc(C)c(=O)[nH]c2=O)O[C@](F)(COP2(=O)OCc3cc(C)cc(C)c3O2)[C@@H](O)[C@H]1O. The van der Waals surface area contributed by atoms with Crippen LogP contribution in [0.1, 0.15) is 122 Å². The number of aliphatic hydroxyl groups is 8. The molecule has 12 heterocycles. The summed E-state index contributed by atoms with van der Waals surface area (Å²) in [6.07, 6.45) is -24.9. The lowest BCUT2D eigenvalue weighted by Gasteiger charge is -2.29. The van der Waals surface area contributed by atoms with Gasteiger partial charge in [0.1, 0.15) is 98.2 Å². The summed E-state index contributed by atoms with van der Waals surface area (Å²) in [7, 11) is -18.3. The van der Waals surface area contributed by atoms with Crippen molar-refractivity contribution in [2.24, 2.45) is 0 Å². The topological polar surface area (TPSA) is 597 Å². The Morgan fingerprint density at radius 3 is 0.906 bits per heavy atom. The first-order valence-corrected chi connectivity index (χ1v) is 43.9. The molecule has 0 saturated carbocycles. The van der Waals surface area contributed by atoms with Gasteiger partial charge in [0.2, 0.25) is 0 Å². The third kappa shape index (κ3) is 19.5. The molecule has 4 aromatic heterocycles. The number of aliphatic hydroxyl groups excluding tert-OH is 8. The fraction of sp³-hybridized carbons (Fsp3) is 0.474. The van der Waals surface area contributed by atoms with Gasteiger partial charge in [-0.25, -0.2) is 55.0 Å². The van der Waals surface area contributed by atoms with E-state index in [1.54, 1.807) is 83.1 Å². The number of ether oxygens (including phenoxy) is 4. The van der Waals surface area contributed by atoms with Gasteiger partial charge in [-0.3, -0.25) is 93.6 Å². The summed E-state index contributed by atoms with van der Waals surface area (Å²) in [4.78, 5) is 103. The van der Waals surface area contributed by atoms with Crippen LogP contribution in [0.15, 0.2) is 112 Å². The first kappa shape index (κ1) is 87.9. The minimum atomic E-state index is -4.85. The largest absolute Gasteiger partial charge is 0.530 e. The molecule has 8 aliphatic heterocycles. The number of fused-ring (bicyclic) bond motifs is 4. The Balaban J connectivity index is 0.000000152. The summed E-state index contributed by atoms with van der Waals surface area (Å²) in [5.74, 6) is -13.5. The molecular weight excluding hydrogens is 1800 g/mol. The second-order valence-electron chi connectivity index (χ2n) is 30.7. The van der Waals surface area contributed by atoms with E-state index >= 15 is 17.6 Å². The number of phosphoric acid groups is 4. The number of rotatable bonds is 16. The van der Waals surface area contributed by atoms with Crippen LogP contribution < -0.4 is 63.1 Å². The fourth-order valence-corrected chi connectivity index (χ4v) is 18.9. The Morgan fingerprint density at radius 1 is 0.359 bits per heavy atom. The van der Waals surface area contributed by atoms with E-state index in [2.05, 4.69) is 0 Å². The third-order valence-electron chi connectivity index (χ3n) is 20.4. The van der Waals surface area contributed by atoms with Gasteiger partial charge < -0.3 is 77.9 Å². The molecule has 4 aromatic carbocycles. The van der Waals surface area contributed by atoms with Gasteiger partial charge in [0, 0.05) is 69.3 Å². The van der Waals surface area contributed by atoms with Crippen LogP contribution in [0.2, 0.25) is 0 Å². The highest BCUT2D eigenvalue weighted by Crippen LogP contribution is 2.61. The Kier molecular flexibility index (Phi) is 24.8. The van der Waals surface area contributed by atoms with Gasteiger partial charge in [-0.15, -0.1) is 0 Å². The molecule has 4 fully saturated rings. The van der Waals surface area contributed by atoms with Gasteiger partial charge in [0.05, 0.1) is 34.7 Å². The predicted molar refractivity (Wildman–Crippen MR) is 428 cm³/mol. The van der Waals surface area contributed by atoms with E-state index in [4.69, 9.17) is 81.5 Å². The lowest BCUT2D eigenvalue weighted by molar-refractivity contribution is -0.205. The molecule has 0 bridgehead atoms. The Labute approximate surface area is 726 Å². The minimum absolute atomic E-state index is 0.00165. The van der Waals surface area contributed by atoms with Crippen molar-refractivity contribution in [1.82, 2.24) is 38.2 Å². The predicted octanol–water partition coefficient (Wildman–Crippen LogP) is 4.45. The van der Waals surface area contributed by atoms with E-state index in [0.29, 0.717) is 59.4 Å². The zero-order valence-electron chi connectivity index (χ0n) is 75.0. The Bertz CT molecular complexity index is 6770. The maximum Gasteiger partial charge on any atom is 0.530 e. The van der Waals surface area contributed by atoms with E-state index < -0.39 is 200 Å². The lowest BCUT2D eigenvalue weighted by atomic mass is 10.1. The number of hydrogen-bond donors (Lipinski definition) is 12. The standard InChI is InChI=1S/4C19H22FN2O9P/c4*1-9-4-10(2)14-12(5-9)7-28-32(27,31-14)29-8-19(20)15(24)13(23)17(30-19)22-6-11(3)16(25)21-18(22)26/h4*4-6,13,15,17,23-24H,7-8H2,1-3H3,(H,21,25,26)/t4*13-,15+,17-,19-,32?/m1111/s1/i8D2,17D;17D;8D2;. The molecule has 12 N–H and O–H groups in total. The highest BCUT2D eigenvalue weighted by atomic mass is 31.2. The number of aromatic amines is 4. The summed E-state index contributed by atoms with van der Waals surface area (Å²) in [5, 5.41) is 82.5. The number of hydrogen-bond acceptors (Lipinski definition) is 36. The van der Waals surface area contributed by atoms with Crippen molar-refractivity contribution in [2.75, 3.05) is 26.3 Å². The number of benzene rings is 4. The van der Waals surface area contributed by atoms with Gasteiger partial charge in [0.25, 0.3) is 45.7 Å². The first-order chi connectivity index (χ1) is 61.9. The van der Waals surface area contributed by atoms with Crippen molar-refractivity contribution >= 4 is 31.3 Å². The van der Waals surface area contributed by atoms with Crippen molar-refractivity contribution < 1.29 is 158 Å². The molecule has 696 valence electrons. The third-order valence-corrected chi connectivity index (χ3v) is 25.3. The summed E-state index contributed by atoms with van der Waals surface area (Å²) in [5.41, 5.74) is 0.653. The zero-order chi connectivity index (χ0) is 99.1. The highest BCUT2D eigenvalue weighted by Gasteiger charge is 2.62. The molecule has 0 spiro atoms. The number of phosphoric ester groups is 4. The molecule has 52 heteroatoms. The van der Waals surface area contributed by atoms with E-state index in [-0.39, 0.29) is 70.5 Å². The maximum absolute atomic E-state index is 15.9. The molecule has 0 aliphatic carbocycles. The second kappa shape index (κ2) is 36.1. The van der Waals surface area contributed by atoms with E-state index in [0.717, 1.165) is 51.6 Å². The molecule has 20 atom stereocenters. The van der Waals surface area contributed by atoms with Crippen molar-refractivity contribution in [1.29, 1.82) is 0 Å². The molecule has 8 aromatic rings. The summed E-state index contributed by atoms with van der Waals surface area (Å²) >= 11 is 0. The van der Waals surface area contributed by atoms with E-state index in [9.17, 15) is 97.5 Å². The van der Waals surface area contributed by atoms with Crippen LogP contribution >= 0.6 is 31.3 Å².